The Morgan fingerprint density at radius 3 is 2.14 bits per heavy atom. The third-order valence-electron chi connectivity index (χ3n) is 4.49. The molecular weight excluding hydrogens is 384 g/mol. The maximum Gasteiger partial charge on any atom is 0.264 e. The molecule has 3 aromatic rings. The second-order valence-corrected chi connectivity index (χ2v) is 8.90. The molecule has 0 saturated heterocycles. The first-order chi connectivity index (χ1) is 13.8. The first-order valence-corrected chi connectivity index (χ1v) is 10.7. The van der Waals surface area contributed by atoms with E-state index in [-0.39, 0.29) is 17.3 Å². The first-order valence-electron chi connectivity index (χ1n) is 9.28. The third-order valence-corrected chi connectivity index (χ3v) is 6.28. The number of carbonyl (C=O) groups excluding carboxylic acids is 1. The van der Waals surface area contributed by atoms with E-state index in [9.17, 15) is 13.2 Å². The average Bonchev–Trinajstić information content (AvgIpc) is 2.67. The molecular formula is C23H24N2O3S. The molecule has 0 radical (unpaired) electrons. The fraction of sp³-hybridized carbons (Fsp3) is 0.174. The summed E-state index contributed by atoms with van der Waals surface area (Å²) in [6.45, 7) is 5.57. The summed E-state index contributed by atoms with van der Waals surface area (Å²) in [6, 6.07) is 21.4. The van der Waals surface area contributed by atoms with Crippen molar-refractivity contribution in [1.82, 2.24) is 0 Å². The van der Waals surface area contributed by atoms with Gasteiger partial charge in [-0.2, -0.15) is 0 Å². The average molecular weight is 409 g/mol. The van der Waals surface area contributed by atoms with Crippen LogP contribution in [-0.4, -0.2) is 14.3 Å². The highest BCUT2D eigenvalue weighted by Gasteiger charge is 2.25. The van der Waals surface area contributed by atoms with Crippen molar-refractivity contribution in [2.24, 2.45) is 0 Å². The summed E-state index contributed by atoms with van der Waals surface area (Å²) < 4.78 is 28.4. The molecule has 0 spiro atoms. The molecule has 0 saturated carbocycles. The molecule has 0 unspecified atom stereocenters. The smallest absolute Gasteiger partial charge is 0.264 e. The number of benzene rings is 3. The number of hydrogen-bond donors (Lipinski definition) is 1. The van der Waals surface area contributed by atoms with Crippen LogP contribution in [-0.2, 0) is 21.4 Å². The molecule has 3 aromatic carbocycles. The van der Waals surface area contributed by atoms with E-state index in [0.717, 1.165) is 16.7 Å². The lowest BCUT2D eigenvalue weighted by Gasteiger charge is -2.25. The Morgan fingerprint density at radius 2 is 1.55 bits per heavy atom. The van der Waals surface area contributed by atoms with Crippen LogP contribution in [0.1, 0.15) is 23.6 Å². The SMILES string of the molecule is CC(=O)Nc1ccc(S(=O)(=O)N(Cc2cccc(C)c2)c2ccc(C)cc2)cc1. The second kappa shape index (κ2) is 8.49. The Balaban J connectivity index is 2.01. The number of anilines is 2. The zero-order chi connectivity index (χ0) is 21.0. The number of sulfonamides is 1. The molecule has 0 bridgehead atoms. The maximum absolute atomic E-state index is 13.5. The zero-order valence-corrected chi connectivity index (χ0v) is 17.5. The standard InChI is InChI=1S/C23H24N2O3S/c1-17-7-11-22(12-8-17)25(16-20-6-4-5-18(2)15-20)29(27,28)23-13-9-21(10-14-23)24-19(3)26/h4-15H,16H2,1-3H3,(H,24,26). The number of carbonyl (C=O) groups is 1. The van der Waals surface area contributed by atoms with Crippen molar-refractivity contribution in [3.8, 4) is 0 Å². The van der Waals surface area contributed by atoms with Gasteiger partial charge in [0.1, 0.15) is 0 Å². The van der Waals surface area contributed by atoms with Crippen LogP contribution < -0.4 is 9.62 Å². The molecule has 29 heavy (non-hydrogen) atoms. The van der Waals surface area contributed by atoms with Crippen LogP contribution in [0.15, 0.2) is 77.7 Å². The van der Waals surface area contributed by atoms with E-state index in [2.05, 4.69) is 5.32 Å². The van der Waals surface area contributed by atoms with Gasteiger partial charge in [-0.25, -0.2) is 8.42 Å². The monoisotopic (exact) mass is 408 g/mol. The molecule has 1 amide bonds. The van der Waals surface area contributed by atoms with Crippen LogP contribution in [0.5, 0.6) is 0 Å². The molecule has 0 aliphatic carbocycles. The van der Waals surface area contributed by atoms with Crippen molar-refractivity contribution in [2.75, 3.05) is 9.62 Å². The van der Waals surface area contributed by atoms with Gasteiger partial charge in [-0.15, -0.1) is 0 Å². The molecule has 150 valence electrons. The van der Waals surface area contributed by atoms with Crippen LogP contribution in [0.4, 0.5) is 11.4 Å². The van der Waals surface area contributed by atoms with Crippen molar-refractivity contribution in [2.45, 2.75) is 32.2 Å². The summed E-state index contributed by atoms with van der Waals surface area (Å²) in [7, 11) is -3.80. The topological polar surface area (TPSA) is 66.5 Å². The summed E-state index contributed by atoms with van der Waals surface area (Å²) in [5.41, 5.74) is 4.19. The van der Waals surface area contributed by atoms with Crippen LogP contribution in [0.3, 0.4) is 0 Å². The lowest BCUT2D eigenvalue weighted by Crippen LogP contribution is -2.30. The highest BCUT2D eigenvalue weighted by Crippen LogP contribution is 2.27. The summed E-state index contributed by atoms with van der Waals surface area (Å²) >= 11 is 0. The molecule has 5 nitrogen and oxygen atoms in total. The lowest BCUT2D eigenvalue weighted by atomic mass is 10.1. The van der Waals surface area contributed by atoms with E-state index in [0.29, 0.717) is 11.4 Å². The number of aryl methyl sites for hydroxylation is 2. The molecule has 0 fully saturated rings. The Kier molecular flexibility index (Phi) is 6.03. The van der Waals surface area contributed by atoms with Gasteiger partial charge < -0.3 is 5.32 Å². The van der Waals surface area contributed by atoms with Crippen LogP contribution in [0.25, 0.3) is 0 Å². The van der Waals surface area contributed by atoms with Gasteiger partial charge in [0, 0.05) is 12.6 Å². The van der Waals surface area contributed by atoms with Gasteiger partial charge in [-0.05, 0) is 55.8 Å². The summed E-state index contributed by atoms with van der Waals surface area (Å²) in [5.74, 6) is -0.207. The molecule has 0 aliphatic heterocycles. The third kappa shape index (κ3) is 5.03. The minimum absolute atomic E-state index is 0.167. The molecule has 0 aliphatic rings. The minimum atomic E-state index is -3.80. The maximum atomic E-state index is 13.5. The Bertz CT molecular complexity index is 1110. The molecule has 0 aromatic heterocycles. The Morgan fingerprint density at radius 1 is 0.897 bits per heavy atom. The van der Waals surface area contributed by atoms with E-state index in [1.807, 2.05) is 62.4 Å². The Labute approximate surface area is 172 Å². The second-order valence-electron chi connectivity index (χ2n) is 7.04. The van der Waals surface area contributed by atoms with Gasteiger partial charge >= 0.3 is 0 Å². The normalized spacial score (nSPS) is 11.1. The lowest BCUT2D eigenvalue weighted by molar-refractivity contribution is -0.114. The molecule has 0 atom stereocenters. The number of rotatable bonds is 6. The first kappa shape index (κ1) is 20.6. The quantitative estimate of drug-likeness (QED) is 0.645. The van der Waals surface area contributed by atoms with E-state index in [1.54, 1.807) is 12.1 Å². The fourth-order valence-electron chi connectivity index (χ4n) is 3.04. The van der Waals surface area contributed by atoms with E-state index >= 15 is 0 Å². The van der Waals surface area contributed by atoms with Gasteiger partial charge in [0.05, 0.1) is 17.1 Å². The van der Waals surface area contributed by atoms with Crippen LogP contribution >= 0.6 is 0 Å². The number of nitrogens with one attached hydrogen (secondary N) is 1. The van der Waals surface area contributed by atoms with Crippen molar-refractivity contribution >= 4 is 27.3 Å². The van der Waals surface area contributed by atoms with Gasteiger partial charge in [0.25, 0.3) is 10.0 Å². The van der Waals surface area contributed by atoms with Crippen LogP contribution in [0, 0.1) is 13.8 Å². The molecule has 3 rings (SSSR count). The fourth-order valence-corrected chi connectivity index (χ4v) is 4.50. The minimum Gasteiger partial charge on any atom is -0.326 e. The summed E-state index contributed by atoms with van der Waals surface area (Å²) in [6.07, 6.45) is 0. The molecule has 1 N–H and O–H groups in total. The van der Waals surface area contributed by atoms with Gasteiger partial charge in [0.15, 0.2) is 0 Å². The number of nitrogens with zero attached hydrogens (tertiary/aromatic N) is 1. The van der Waals surface area contributed by atoms with Crippen molar-refractivity contribution < 1.29 is 13.2 Å². The zero-order valence-electron chi connectivity index (χ0n) is 16.7. The van der Waals surface area contributed by atoms with Crippen molar-refractivity contribution in [3.63, 3.8) is 0 Å². The highest BCUT2D eigenvalue weighted by atomic mass is 32.2. The van der Waals surface area contributed by atoms with Gasteiger partial charge in [0.2, 0.25) is 5.91 Å². The van der Waals surface area contributed by atoms with E-state index in [4.69, 9.17) is 0 Å². The summed E-state index contributed by atoms with van der Waals surface area (Å²) in [4.78, 5) is 11.4. The van der Waals surface area contributed by atoms with Crippen molar-refractivity contribution in [3.05, 3.63) is 89.5 Å². The van der Waals surface area contributed by atoms with Gasteiger partial charge in [-0.3, -0.25) is 9.10 Å². The molecule has 6 heteroatoms. The van der Waals surface area contributed by atoms with Gasteiger partial charge in [-0.1, -0.05) is 47.5 Å². The Hall–Kier alpha value is -3.12. The number of amides is 1. The van der Waals surface area contributed by atoms with Crippen LogP contribution in [0.2, 0.25) is 0 Å². The number of hydrogen-bond acceptors (Lipinski definition) is 3. The predicted octanol–water partition coefficient (Wildman–Crippen LogP) is 4.66. The predicted molar refractivity (Wildman–Crippen MR) is 116 cm³/mol. The highest BCUT2D eigenvalue weighted by molar-refractivity contribution is 7.92. The van der Waals surface area contributed by atoms with Crippen molar-refractivity contribution in [1.29, 1.82) is 0 Å². The van der Waals surface area contributed by atoms with E-state index in [1.165, 1.54) is 23.4 Å². The molecule has 0 heterocycles. The largest absolute Gasteiger partial charge is 0.326 e. The van der Waals surface area contributed by atoms with E-state index < -0.39 is 10.0 Å². The summed E-state index contributed by atoms with van der Waals surface area (Å²) in [5, 5.41) is 2.65.